The van der Waals surface area contributed by atoms with E-state index in [4.69, 9.17) is 14.9 Å². The molecule has 2 N–H and O–H groups in total. The van der Waals surface area contributed by atoms with E-state index in [2.05, 4.69) is 4.74 Å². The molecular formula is C4H8O4. The second kappa shape index (κ2) is 2.41. The molecule has 0 aromatic rings. The first-order valence-electron chi connectivity index (χ1n) is 2.39. The van der Waals surface area contributed by atoms with Crippen molar-refractivity contribution in [3.05, 3.63) is 0 Å². The molecule has 48 valence electrons. The zero-order valence-corrected chi connectivity index (χ0v) is 4.28. The predicted octanol–water partition coefficient (Wildman–Crippen LogP) is -1.33. The molecule has 0 spiro atoms. The molecule has 0 saturated carbocycles. The van der Waals surface area contributed by atoms with Gasteiger partial charge in [-0.15, -0.1) is 0 Å². The minimum Gasteiger partial charge on any atom is -0.391 e. The quantitative estimate of drug-likeness (QED) is 0.450. The monoisotopic (exact) mass is 120 g/mol. The lowest BCUT2D eigenvalue weighted by molar-refractivity contribution is -0.131. The molecule has 0 aromatic heterocycles. The lowest BCUT2D eigenvalue weighted by Crippen LogP contribution is -2.14. The zero-order chi connectivity index (χ0) is 5.98. The summed E-state index contributed by atoms with van der Waals surface area (Å²) in [6.45, 7) is -0.0394. The number of hydrogen-bond acceptors (Lipinski definition) is 4. The Morgan fingerprint density at radius 1 is 1.62 bits per heavy atom. The smallest absolute Gasteiger partial charge is 0.183 e. The summed E-state index contributed by atoms with van der Waals surface area (Å²) in [4.78, 5) is 0. The number of aliphatic hydroxyl groups excluding tert-OH is 2. The van der Waals surface area contributed by atoms with Gasteiger partial charge < -0.3 is 19.7 Å². The van der Waals surface area contributed by atoms with Gasteiger partial charge in [0.25, 0.3) is 0 Å². The maximum atomic E-state index is 8.57. The maximum absolute atomic E-state index is 8.57. The van der Waals surface area contributed by atoms with Gasteiger partial charge in [-0.1, -0.05) is 0 Å². The van der Waals surface area contributed by atoms with Crippen molar-refractivity contribution in [1.82, 2.24) is 0 Å². The highest BCUT2D eigenvalue weighted by atomic mass is 16.8. The topological polar surface area (TPSA) is 58.9 Å². The van der Waals surface area contributed by atoms with Crippen molar-refractivity contribution in [3.63, 3.8) is 0 Å². The van der Waals surface area contributed by atoms with E-state index in [1.165, 1.54) is 0 Å². The molecule has 1 heterocycles. The lowest BCUT2D eigenvalue weighted by atomic mass is 10.7. The molecule has 4 heteroatoms. The van der Waals surface area contributed by atoms with Gasteiger partial charge in [-0.2, -0.15) is 0 Å². The Kier molecular flexibility index (Phi) is 1.80. The van der Waals surface area contributed by atoms with Crippen LogP contribution in [-0.4, -0.2) is 36.0 Å². The fraction of sp³-hybridized carbons (Fsp3) is 1.00. The fourth-order valence-corrected chi connectivity index (χ4v) is 0.539. The third-order valence-electron chi connectivity index (χ3n) is 0.883. The Morgan fingerprint density at radius 3 is 2.62 bits per heavy atom. The van der Waals surface area contributed by atoms with Gasteiger partial charge in [0.2, 0.25) is 0 Å². The van der Waals surface area contributed by atoms with Crippen molar-refractivity contribution in [2.24, 2.45) is 0 Å². The number of hydrogen-bond donors (Lipinski definition) is 2. The van der Waals surface area contributed by atoms with E-state index in [1.54, 1.807) is 0 Å². The molecule has 1 saturated heterocycles. The third-order valence-corrected chi connectivity index (χ3v) is 0.883. The van der Waals surface area contributed by atoms with Gasteiger partial charge in [-0.25, -0.2) is 0 Å². The summed E-state index contributed by atoms with van der Waals surface area (Å²) >= 11 is 0. The Labute approximate surface area is 46.6 Å². The second-order valence-electron chi connectivity index (χ2n) is 1.54. The van der Waals surface area contributed by atoms with E-state index < -0.39 is 12.6 Å². The summed E-state index contributed by atoms with van der Waals surface area (Å²) in [6.07, 6.45) is -1.47. The molecule has 0 radical (unpaired) electrons. The van der Waals surface area contributed by atoms with E-state index in [1.807, 2.05) is 0 Å². The highest BCUT2D eigenvalue weighted by Gasteiger charge is 2.22. The van der Waals surface area contributed by atoms with Crippen LogP contribution in [0.4, 0.5) is 0 Å². The number of aliphatic hydroxyl groups is 2. The molecule has 1 aliphatic rings. The van der Waals surface area contributed by atoms with Crippen LogP contribution in [0, 0.1) is 0 Å². The van der Waals surface area contributed by atoms with Gasteiger partial charge in [-0.05, 0) is 0 Å². The Bertz CT molecular complexity index is 74.4. The lowest BCUT2D eigenvalue weighted by Gasteiger charge is -2.02. The normalized spacial score (nSPS) is 38.2. The van der Waals surface area contributed by atoms with E-state index in [0.29, 0.717) is 0 Å². The minimum atomic E-state index is -0.854. The van der Waals surface area contributed by atoms with Crippen molar-refractivity contribution in [2.45, 2.75) is 12.6 Å². The van der Waals surface area contributed by atoms with Crippen LogP contribution in [0.5, 0.6) is 0 Å². The van der Waals surface area contributed by atoms with Gasteiger partial charge in [0, 0.05) is 0 Å². The third kappa shape index (κ3) is 1.16. The summed E-state index contributed by atoms with van der Waals surface area (Å²) < 4.78 is 9.29. The molecule has 0 aromatic carbocycles. The summed E-state index contributed by atoms with van der Waals surface area (Å²) in [7, 11) is 0. The van der Waals surface area contributed by atoms with Crippen LogP contribution in [0.25, 0.3) is 0 Å². The molecule has 0 aliphatic carbocycles. The highest BCUT2D eigenvalue weighted by molar-refractivity contribution is 4.51. The summed E-state index contributed by atoms with van der Waals surface area (Å²) in [5.74, 6) is 0. The fourth-order valence-electron chi connectivity index (χ4n) is 0.539. The van der Waals surface area contributed by atoms with Crippen LogP contribution in [-0.2, 0) is 9.47 Å². The maximum Gasteiger partial charge on any atom is 0.183 e. The molecule has 0 amide bonds. The molecule has 8 heavy (non-hydrogen) atoms. The first-order chi connectivity index (χ1) is 3.83. The Balaban J connectivity index is 2.22. The van der Waals surface area contributed by atoms with Gasteiger partial charge in [0.15, 0.2) is 12.6 Å². The standard InChI is InChI=1S/C4H8O4/c5-1-4-7-2-3(6)8-4/h3-6H,1-2H2/t3?,4-/m1/s1. The first-order valence-corrected chi connectivity index (χ1v) is 2.39. The molecule has 0 bridgehead atoms. The summed E-state index contributed by atoms with van der Waals surface area (Å²) in [6, 6.07) is 0. The molecule has 2 atom stereocenters. The van der Waals surface area contributed by atoms with Crippen molar-refractivity contribution >= 4 is 0 Å². The average molecular weight is 120 g/mol. The molecule has 4 nitrogen and oxygen atoms in total. The van der Waals surface area contributed by atoms with E-state index in [-0.39, 0.29) is 13.2 Å². The van der Waals surface area contributed by atoms with Crippen LogP contribution in [0.1, 0.15) is 0 Å². The van der Waals surface area contributed by atoms with E-state index in [9.17, 15) is 0 Å². The largest absolute Gasteiger partial charge is 0.391 e. The highest BCUT2D eigenvalue weighted by Crippen LogP contribution is 2.06. The van der Waals surface area contributed by atoms with Crippen LogP contribution < -0.4 is 0 Å². The molecule has 1 aliphatic heterocycles. The summed E-state index contributed by atoms with van der Waals surface area (Å²) in [5, 5.41) is 16.9. The molecule has 1 unspecified atom stereocenters. The zero-order valence-electron chi connectivity index (χ0n) is 4.28. The minimum absolute atomic E-state index is 0.158. The average Bonchev–Trinajstić information content (AvgIpc) is 2.14. The van der Waals surface area contributed by atoms with Gasteiger partial charge in [-0.3, -0.25) is 0 Å². The molecule has 1 fully saturated rings. The Morgan fingerprint density at radius 2 is 2.38 bits per heavy atom. The SMILES string of the molecule is OC[C@@H]1OCC(O)O1. The van der Waals surface area contributed by atoms with Crippen molar-refractivity contribution in [1.29, 1.82) is 0 Å². The van der Waals surface area contributed by atoms with Crippen LogP contribution in [0.2, 0.25) is 0 Å². The van der Waals surface area contributed by atoms with Gasteiger partial charge in [0.1, 0.15) is 6.61 Å². The van der Waals surface area contributed by atoms with Gasteiger partial charge >= 0.3 is 0 Å². The Hall–Kier alpha value is -0.160. The van der Waals surface area contributed by atoms with Crippen molar-refractivity contribution in [2.75, 3.05) is 13.2 Å². The van der Waals surface area contributed by atoms with Crippen LogP contribution >= 0.6 is 0 Å². The molecule has 1 rings (SSSR count). The van der Waals surface area contributed by atoms with Gasteiger partial charge in [0.05, 0.1) is 6.61 Å². The second-order valence-corrected chi connectivity index (χ2v) is 1.54. The van der Waals surface area contributed by atoms with E-state index >= 15 is 0 Å². The number of rotatable bonds is 1. The predicted molar refractivity (Wildman–Crippen MR) is 23.9 cm³/mol. The van der Waals surface area contributed by atoms with Crippen molar-refractivity contribution in [3.8, 4) is 0 Å². The summed E-state index contributed by atoms with van der Waals surface area (Å²) in [5.41, 5.74) is 0. The van der Waals surface area contributed by atoms with Crippen molar-refractivity contribution < 1.29 is 19.7 Å². The first kappa shape index (κ1) is 5.97. The van der Waals surface area contributed by atoms with Crippen LogP contribution in [0.3, 0.4) is 0 Å². The van der Waals surface area contributed by atoms with E-state index in [0.717, 1.165) is 0 Å². The van der Waals surface area contributed by atoms with Crippen LogP contribution in [0.15, 0.2) is 0 Å². The molecular weight excluding hydrogens is 112 g/mol. The number of ether oxygens (including phenoxy) is 2.